The maximum absolute atomic E-state index is 12.1. The molecular weight excluding hydrogens is 369 g/mol. The zero-order chi connectivity index (χ0) is 16.8. The minimum absolute atomic E-state index is 0.212. The van der Waals surface area contributed by atoms with Crippen LogP contribution in [0, 0.1) is 5.92 Å². The van der Waals surface area contributed by atoms with Gasteiger partial charge in [0.25, 0.3) is 0 Å². The van der Waals surface area contributed by atoms with Crippen LogP contribution in [0.25, 0.3) is 0 Å². The predicted octanol–water partition coefficient (Wildman–Crippen LogP) is 3.61. The number of halogens is 4. The standard InChI is InChI=1S/C13H14BrF3N2O3/c14-9-3-4-10(18-7-9)19-11(20)6-8(12(21)22)2-1-5-13(15,16)17/h3-4,7-8H,1-2,5-6H2,(H,21,22)(H,18,19,20). The van der Waals surface area contributed by atoms with E-state index in [0.29, 0.717) is 4.47 Å². The number of nitrogens with one attached hydrogen (secondary N) is 1. The lowest BCUT2D eigenvalue weighted by atomic mass is 9.98. The number of amides is 1. The average molecular weight is 383 g/mol. The molecule has 2 N–H and O–H groups in total. The zero-order valence-electron chi connectivity index (χ0n) is 11.4. The molecule has 1 unspecified atom stereocenters. The molecule has 0 aliphatic carbocycles. The van der Waals surface area contributed by atoms with Gasteiger partial charge in [0.1, 0.15) is 5.82 Å². The fourth-order valence-corrected chi connectivity index (χ4v) is 1.96. The molecule has 0 saturated heterocycles. The van der Waals surface area contributed by atoms with Crippen molar-refractivity contribution in [2.45, 2.75) is 31.9 Å². The molecule has 5 nitrogen and oxygen atoms in total. The van der Waals surface area contributed by atoms with Gasteiger partial charge in [-0.1, -0.05) is 0 Å². The Balaban J connectivity index is 2.50. The number of hydrogen-bond acceptors (Lipinski definition) is 3. The van der Waals surface area contributed by atoms with Gasteiger partial charge in [0, 0.05) is 23.5 Å². The maximum Gasteiger partial charge on any atom is 0.389 e. The van der Waals surface area contributed by atoms with Crippen molar-refractivity contribution in [1.29, 1.82) is 0 Å². The molecule has 1 atom stereocenters. The highest BCUT2D eigenvalue weighted by molar-refractivity contribution is 9.10. The van der Waals surface area contributed by atoms with Gasteiger partial charge in [0.2, 0.25) is 5.91 Å². The highest BCUT2D eigenvalue weighted by Gasteiger charge is 2.28. The normalized spacial score (nSPS) is 12.7. The third-order valence-electron chi connectivity index (χ3n) is 2.79. The third-order valence-corrected chi connectivity index (χ3v) is 3.26. The van der Waals surface area contributed by atoms with E-state index in [-0.39, 0.29) is 18.7 Å². The lowest BCUT2D eigenvalue weighted by Crippen LogP contribution is -2.23. The van der Waals surface area contributed by atoms with Crippen LogP contribution in [0.3, 0.4) is 0 Å². The molecule has 0 bridgehead atoms. The second-order valence-corrected chi connectivity index (χ2v) is 5.57. The molecule has 22 heavy (non-hydrogen) atoms. The molecule has 1 rings (SSSR count). The Morgan fingerprint density at radius 2 is 2.05 bits per heavy atom. The fourth-order valence-electron chi connectivity index (χ4n) is 1.73. The van der Waals surface area contributed by atoms with Crippen molar-refractivity contribution in [3.05, 3.63) is 22.8 Å². The number of anilines is 1. The first-order valence-electron chi connectivity index (χ1n) is 6.38. The van der Waals surface area contributed by atoms with Gasteiger partial charge in [-0.3, -0.25) is 9.59 Å². The Kier molecular flexibility index (Phi) is 6.79. The summed E-state index contributed by atoms with van der Waals surface area (Å²) in [7, 11) is 0. The smallest absolute Gasteiger partial charge is 0.389 e. The topological polar surface area (TPSA) is 79.3 Å². The summed E-state index contributed by atoms with van der Waals surface area (Å²) in [5.41, 5.74) is 0. The molecule has 1 aromatic heterocycles. The Hall–Kier alpha value is -1.64. The quantitative estimate of drug-likeness (QED) is 0.754. The SMILES string of the molecule is O=C(CC(CCCC(F)(F)F)C(=O)O)Nc1ccc(Br)cn1. The van der Waals surface area contributed by atoms with Crippen LogP contribution in [0.4, 0.5) is 19.0 Å². The third kappa shape index (κ3) is 7.39. The second-order valence-electron chi connectivity index (χ2n) is 4.66. The van der Waals surface area contributed by atoms with E-state index in [1.165, 1.54) is 12.3 Å². The first kappa shape index (κ1) is 18.4. The second kappa shape index (κ2) is 8.11. The lowest BCUT2D eigenvalue weighted by molar-refractivity contribution is -0.146. The molecule has 0 aromatic carbocycles. The van der Waals surface area contributed by atoms with Gasteiger partial charge in [-0.15, -0.1) is 0 Å². The van der Waals surface area contributed by atoms with Crippen molar-refractivity contribution < 1.29 is 27.9 Å². The first-order valence-corrected chi connectivity index (χ1v) is 7.17. The number of alkyl halides is 3. The minimum Gasteiger partial charge on any atom is -0.481 e. The largest absolute Gasteiger partial charge is 0.481 e. The average Bonchev–Trinajstić information content (AvgIpc) is 2.38. The summed E-state index contributed by atoms with van der Waals surface area (Å²) in [5.74, 6) is -2.80. The van der Waals surface area contributed by atoms with Gasteiger partial charge >= 0.3 is 12.1 Å². The van der Waals surface area contributed by atoms with Crippen molar-refractivity contribution in [3.8, 4) is 0 Å². The molecule has 0 aliphatic heterocycles. The van der Waals surface area contributed by atoms with Crippen LogP contribution in [-0.4, -0.2) is 28.1 Å². The zero-order valence-corrected chi connectivity index (χ0v) is 12.9. The van der Waals surface area contributed by atoms with E-state index in [0.717, 1.165) is 0 Å². The molecule has 0 aliphatic rings. The molecular formula is C13H14BrF3N2O3. The minimum atomic E-state index is -4.33. The monoisotopic (exact) mass is 382 g/mol. The molecule has 122 valence electrons. The maximum atomic E-state index is 12.1. The van der Waals surface area contributed by atoms with Gasteiger partial charge in [-0.05, 0) is 40.9 Å². The molecule has 0 radical (unpaired) electrons. The molecule has 0 fully saturated rings. The van der Waals surface area contributed by atoms with Crippen molar-refractivity contribution in [2.75, 3.05) is 5.32 Å². The van der Waals surface area contributed by atoms with Gasteiger partial charge in [0.15, 0.2) is 0 Å². The molecule has 0 saturated carbocycles. The number of rotatable bonds is 7. The van der Waals surface area contributed by atoms with E-state index < -0.39 is 36.8 Å². The van der Waals surface area contributed by atoms with Gasteiger partial charge in [0.05, 0.1) is 5.92 Å². The van der Waals surface area contributed by atoms with Crippen LogP contribution in [-0.2, 0) is 9.59 Å². The van der Waals surface area contributed by atoms with E-state index in [4.69, 9.17) is 5.11 Å². The Bertz CT molecular complexity index is 520. The summed E-state index contributed by atoms with van der Waals surface area (Å²) in [6, 6.07) is 3.15. The van der Waals surface area contributed by atoms with Crippen molar-refractivity contribution >= 4 is 33.6 Å². The molecule has 9 heteroatoms. The summed E-state index contributed by atoms with van der Waals surface area (Å²) in [6.45, 7) is 0. The number of carbonyl (C=O) groups excluding carboxylic acids is 1. The van der Waals surface area contributed by atoms with Crippen molar-refractivity contribution in [3.63, 3.8) is 0 Å². The molecule has 0 spiro atoms. The Morgan fingerprint density at radius 3 is 2.55 bits per heavy atom. The molecule has 1 amide bonds. The summed E-state index contributed by atoms with van der Waals surface area (Å²) in [4.78, 5) is 26.6. The summed E-state index contributed by atoms with van der Waals surface area (Å²) in [5, 5.41) is 11.4. The number of aliphatic carboxylic acids is 1. The summed E-state index contributed by atoms with van der Waals surface area (Å²) >= 11 is 3.17. The molecule has 1 heterocycles. The number of carbonyl (C=O) groups is 2. The number of hydrogen-bond donors (Lipinski definition) is 2. The van der Waals surface area contributed by atoms with Gasteiger partial charge < -0.3 is 10.4 Å². The van der Waals surface area contributed by atoms with E-state index in [9.17, 15) is 22.8 Å². The number of carboxylic acids is 1. The van der Waals surface area contributed by atoms with E-state index in [1.807, 2.05) is 0 Å². The van der Waals surface area contributed by atoms with Crippen molar-refractivity contribution in [1.82, 2.24) is 4.98 Å². The van der Waals surface area contributed by atoms with Crippen LogP contribution in [0.5, 0.6) is 0 Å². The highest BCUT2D eigenvalue weighted by Crippen LogP contribution is 2.25. The summed E-state index contributed by atoms with van der Waals surface area (Å²) in [6.07, 6.45) is -4.88. The van der Waals surface area contributed by atoms with Crippen LogP contribution in [0.15, 0.2) is 22.8 Å². The lowest BCUT2D eigenvalue weighted by Gasteiger charge is -2.13. The number of nitrogens with zero attached hydrogens (tertiary/aromatic N) is 1. The number of carboxylic acid groups (broad SMARTS) is 1. The summed E-state index contributed by atoms with van der Waals surface area (Å²) < 4.78 is 36.9. The van der Waals surface area contributed by atoms with Gasteiger partial charge in [-0.2, -0.15) is 13.2 Å². The van der Waals surface area contributed by atoms with Crippen LogP contribution >= 0.6 is 15.9 Å². The fraction of sp³-hybridized carbons (Fsp3) is 0.462. The Morgan fingerprint density at radius 1 is 1.36 bits per heavy atom. The van der Waals surface area contributed by atoms with Crippen LogP contribution in [0.1, 0.15) is 25.7 Å². The van der Waals surface area contributed by atoms with Crippen LogP contribution in [0.2, 0.25) is 0 Å². The Labute approximate surface area is 133 Å². The van der Waals surface area contributed by atoms with Gasteiger partial charge in [-0.25, -0.2) is 4.98 Å². The first-order chi connectivity index (χ1) is 10.2. The van der Waals surface area contributed by atoms with E-state index in [2.05, 4.69) is 26.2 Å². The highest BCUT2D eigenvalue weighted by atomic mass is 79.9. The molecule has 1 aromatic rings. The van der Waals surface area contributed by atoms with E-state index in [1.54, 1.807) is 6.07 Å². The van der Waals surface area contributed by atoms with Crippen molar-refractivity contribution in [2.24, 2.45) is 5.92 Å². The number of aromatic nitrogens is 1. The number of pyridine rings is 1. The van der Waals surface area contributed by atoms with E-state index >= 15 is 0 Å². The van der Waals surface area contributed by atoms with Crippen LogP contribution < -0.4 is 5.32 Å². The predicted molar refractivity (Wildman–Crippen MR) is 76.2 cm³/mol.